The van der Waals surface area contributed by atoms with Crippen molar-refractivity contribution in [3.63, 3.8) is 0 Å². The summed E-state index contributed by atoms with van der Waals surface area (Å²) in [7, 11) is 0. The van der Waals surface area contributed by atoms with E-state index >= 15 is 0 Å². The van der Waals surface area contributed by atoms with Crippen LogP contribution in [-0.4, -0.2) is 23.1 Å². The van der Waals surface area contributed by atoms with E-state index in [1.165, 1.54) is 24.8 Å². The van der Waals surface area contributed by atoms with Crippen LogP contribution in [0.1, 0.15) is 33.1 Å². The fourth-order valence-electron chi connectivity index (χ4n) is 1.54. The molecule has 0 amide bonds. The zero-order valence-electron chi connectivity index (χ0n) is 8.15. The van der Waals surface area contributed by atoms with E-state index in [0.717, 1.165) is 11.8 Å². The Morgan fingerprint density at radius 2 is 2.00 bits per heavy atom. The van der Waals surface area contributed by atoms with Crippen LogP contribution in [0.5, 0.6) is 0 Å². The van der Waals surface area contributed by atoms with Crippen molar-refractivity contribution in [2.45, 2.75) is 33.1 Å². The topological polar surface area (TPSA) is 0 Å². The van der Waals surface area contributed by atoms with Gasteiger partial charge in [-0.15, -0.1) is 18.1 Å². The summed E-state index contributed by atoms with van der Waals surface area (Å²) in [6.45, 7) is 8.43. The van der Waals surface area contributed by atoms with E-state index in [1.54, 1.807) is 0 Å². The second kappa shape index (κ2) is 7.22. The Hall–Kier alpha value is 0.796. The van der Waals surface area contributed by atoms with Crippen molar-refractivity contribution < 1.29 is 12.4 Å². The smallest absolute Gasteiger partial charge is 1.00 e. The Balaban J connectivity index is 0. The molecule has 0 heterocycles. The van der Waals surface area contributed by atoms with Gasteiger partial charge in [0.25, 0.3) is 0 Å². The van der Waals surface area contributed by atoms with Crippen molar-refractivity contribution in [2.24, 2.45) is 11.8 Å². The van der Waals surface area contributed by atoms with Gasteiger partial charge in [-0.1, -0.05) is 25.7 Å². The summed E-state index contributed by atoms with van der Waals surface area (Å²) in [5.74, 6) is 1.63. The molecular formula is C10H17ClMg. The van der Waals surface area contributed by atoms with Crippen molar-refractivity contribution >= 4 is 23.1 Å². The maximum absolute atomic E-state index is 3.97. The van der Waals surface area contributed by atoms with Gasteiger partial charge in [0.15, 0.2) is 0 Å². The molecule has 1 rings (SSSR count). The Kier molecular flexibility index (Phi) is 9.20. The number of halogens is 1. The molecule has 0 unspecified atom stereocenters. The van der Waals surface area contributed by atoms with Crippen LogP contribution in [0.4, 0.5) is 0 Å². The Bertz CT molecular complexity index is 126. The summed E-state index contributed by atoms with van der Waals surface area (Å²) in [5.41, 5.74) is 1.34. The Morgan fingerprint density at radius 1 is 1.42 bits per heavy atom. The summed E-state index contributed by atoms with van der Waals surface area (Å²) in [5, 5.41) is 0. The van der Waals surface area contributed by atoms with E-state index in [9.17, 15) is 0 Å². The normalized spacial score (nSPS) is 28.2. The van der Waals surface area contributed by atoms with Gasteiger partial charge in [0.05, 0.1) is 0 Å². The molecule has 1 fully saturated rings. The van der Waals surface area contributed by atoms with Crippen molar-refractivity contribution in [1.82, 2.24) is 0 Å². The first kappa shape index (κ1) is 15.3. The quantitative estimate of drug-likeness (QED) is 0.311. The van der Waals surface area contributed by atoms with Crippen LogP contribution in [0.25, 0.3) is 0 Å². The summed E-state index contributed by atoms with van der Waals surface area (Å²) in [4.78, 5) is 0. The molecule has 2 heteroatoms. The van der Waals surface area contributed by atoms with E-state index in [-0.39, 0.29) is 35.5 Å². The van der Waals surface area contributed by atoms with Gasteiger partial charge in [-0.25, -0.2) is 0 Å². The van der Waals surface area contributed by atoms with E-state index in [0.29, 0.717) is 0 Å². The predicted molar refractivity (Wildman–Crippen MR) is 51.4 cm³/mol. The van der Waals surface area contributed by atoms with Crippen molar-refractivity contribution in [1.29, 1.82) is 0 Å². The molecule has 12 heavy (non-hydrogen) atoms. The summed E-state index contributed by atoms with van der Waals surface area (Å²) in [6.07, 6.45) is 6.43. The van der Waals surface area contributed by atoms with Gasteiger partial charge in [0.1, 0.15) is 0 Å². The number of rotatable bonds is 1. The summed E-state index contributed by atoms with van der Waals surface area (Å²) >= 11 is 0. The molecule has 1 saturated carbocycles. The van der Waals surface area contributed by atoms with E-state index in [2.05, 4.69) is 26.8 Å². The molecule has 0 aromatic carbocycles. The molecule has 0 aromatic heterocycles. The van der Waals surface area contributed by atoms with Gasteiger partial charge in [-0.2, -0.15) is 6.42 Å². The zero-order valence-corrected chi connectivity index (χ0v) is 10.3. The SMILES string of the molecule is C=C(C)[C@H]1[CH-]C[C@H](C)CC1.[Cl-].[Mg+2]. The molecule has 1 aliphatic carbocycles. The number of allylic oxidation sites excluding steroid dienone is 1. The summed E-state index contributed by atoms with van der Waals surface area (Å²) < 4.78 is 0. The van der Waals surface area contributed by atoms with Crippen LogP contribution in [-0.2, 0) is 0 Å². The average molecular weight is 197 g/mol. The van der Waals surface area contributed by atoms with Gasteiger partial charge >= 0.3 is 23.1 Å². The fourth-order valence-corrected chi connectivity index (χ4v) is 1.54. The van der Waals surface area contributed by atoms with Crippen LogP contribution in [0.3, 0.4) is 0 Å². The third-order valence-electron chi connectivity index (χ3n) is 2.43. The predicted octanol–water partition coefficient (Wildman–Crippen LogP) is -0.174. The minimum atomic E-state index is 0. The molecule has 0 aliphatic heterocycles. The van der Waals surface area contributed by atoms with Gasteiger partial charge in [0.2, 0.25) is 0 Å². The third-order valence-corrected chi connectivity index (χ3v) is 2.43. The first-order valence-corrected chi connectivity index (χ1v) is 4.19. The van der Waals surface area contributed by atoms with Gasteiger partial charge < -0.3 is 18.8 Å². The van der Waals surface area contributed by atoms with Crippen LogP contribution >= 0.6 is 0 Å². The van der Waals surface area contributed by atoms with Crippen LogP contribution in [0.2, 0.25) is 0 Å². The maximum Gasteiger partial charge on any atom is 2.00 e. The Morgan fingerprint density at radius 3 is 2.33 bits per heavy atom. The van der Waals surface area contributed by atoms with E-state index in [1.807, 2.05) is 0 Å². The molecule has 0 spiro atoms. The number of hydrogen-bond acceptors (Lipinski definition) is 0. The van der Waals surface area contributed by atoms with Gasteiger partial charge in [-0.05, 0) is 6.92 Å². The first-order valence-electron chi connectivity index (χ1n) is 4.19. The first-order chi connectivity index (χ1) is 4.70. The van der Waals surface area contributed by atoms with Gasteiger partial charge in [0, 0.05) is 0 Å². The van der Waals surface area contributed by atoms with Crippen molar-refractivity contribution in [3.05, 3.63) is 18.6 Å². The molecular weight excluding hydrogens is 180 g/mol. The zero-order chi connectivity index (χ0) is 7.56. The van der Waals surface area contributed by atoms with Crippen LogP contribution in [0, 0.1) is 18.3 Å². The minimum absolute atomic E-state index is 0. The van der Waals surface area contributed by atoms with Crippen LogP contribution < -0.4 is 12.4 Å². The third kappa shape index (κ3) is 4.73. The molecule has 0 saturated heterocycles. The van der Waals surface area contributed by atoms with Crippen molar-refractivity contribution in [2.75, 3.05) is 0 Å². The second-order valence-electron chi connectivity index (χ2n) is 3.61. The van der Waals surface area contributed by atoms with Crippen LogP contribution in [0.15, 0.2) is 12.2 Å². The molecule has 0 N–H and O–H groups in total. The largest absolute Gasteiger partial charge is 2.00 e. The average Bonchev–Trinajstić information content (AvgIpc) is 1.88. The minimum Gasteiger partial charge on any atom is -1.00 e. The molecule has 0 aromatic rings. The molecule has 2 atom stereocenters. The molecule has 1 aliphatic rings. The fraction of sp³-hybridized carbons (Fsp3) is 0.700. The molecule has 0 radical (unpaired) electrons. The van der Waals surface area contributed by atoms with Gasteiger partial charge in [-0.3, -0.25) is 0 Å². The Labute approximate surface area is 98.8 Å². The van der Waals surface area contributed by atoms with E-state index < -0.39 is 0 Å². The maximum atomic E-state index is 3.97. The second-order valence-corrected chi connectivity index (χ2v) is 3.61. The molecule has 0 bridgehead atoms. The molecule has 66 valence electrons. The van der Waals surface area contributed by atoms with Crippen molar-refractivity contribution in [3.8, 4) is 0 Å². The number of hydrogen-bond donors (Lipinski definition) is 0. The van der Waals surface area contributed by atoms with E-state index in [4.69, 9.17) is 0 Å². The monoisotopic (exact) mass is 196 g/mol. The molecule has 0 nitrogen and oxygen atoms in total. The standard InChI is InChI=1S/C10H17.ClH.Mg/c1-8(2)10-6-4-9(3)5-7-10;;/h6,9-10H,1,4-5,7H2,2-3H3;1H;/q-1;;+2/p-1/t9-,10-;;/m0../s1. The summed E-state index contributed by atoms with van der Waals surface area (Å²) in [6, 6.07) is 0.